The molecule has 2 heterocycles. The summed E-state index contributed by atoms with van der Waals surface area (Å²) in [5.41, 5.74) is 0.393. The summed E-state index contributed by atoms with van der Waals surface area (Å²) in [5, 5.41) is 13.4. The molecule has 0 unspecified atom stereocenters. The number of anilines is 1. The summed E-state index contributed by atoms with van der Waals surface area (Å²) in [5.74, 6) is -1.00. The number of thiophene rings is 1. The van der Waals surface area contributed by atoms with E-state index in [1.807, 2.05) is 0 Å². The van der Waals surface area contributed by atoms with E-state index in [0.29, 0.717) is 5.69 Å². The Morgan fingerprint density at radius 1 is 1.16 bits per heavy atom. The highest BCUT2D eigenvalue weighted by molar-refractivity contribution is 7.12. The zero-order chi connectivity index (χ0) is 13.7. The van der Waals surface area contributed by atoms with Gasteiger partial charge in [0.15, 0.2) is 0 Å². The highest BCUT2D eigenvalue weighted by Crippen LogP contribution is 2.22. The lowest BCUT2D eigenvalue weighted by molar-refractivity contribution is 0.0703. The lowest BCUT2D eigenvalue weighted by Gasteiger charge is -2.24. The fraction of sp³-hybridized carbons (Fsp3) is 0.538. The molecule has 0 atom stereocenters. The van der Waals surface area contributed by atoms with Crippen molar-refractivity contribution in [1.82, 2.24) is 4.90 Å². The van der Waals surface area contributed by atoms with Crippen LogP contribution in [0.2, 0.25) is 0 Å². The number of rotatable bonds is 2. The molecule has 1 aromatic heterocycles. The topological polar surface area (TPSA) is 69.6 Å². The van der Waals surface area contributed by atoms with Gasteiger partial charge >= 0.3 is 12.0 Å². The van der Waals surface area contributed by atoms with Gasteiger partial charge in [0.2, 0.25) is 0 Å². The van der Waals surface area contributed by atoms with E-state index in [2.05, 4.69) is 5.32 Å². The minimum absolute atomic E-state index is 0.181. The van der Waals surface area contributed by atoms with Crippen LogP contribution in [-0.2, 0) is 0 Å². The van der Waals surface area contributed by atoms with Gasteiger partial charge in [-0.3, -0.25) is 0 Å². The van der Waals surface area contributed by atoms with Crippen molar-refractivity contribution < 1.29 is 14.7 Å². The fourth-order valence-corrected chi connectivity index (χ4v) is 2.91. The van der Waals surface area contributed by atoms with Crippen LogP contribution in [-0.4, -0.2) is 35.1 Å². The molecule has 19 heavy (non-hydrogen) atoms. The fourth-order valence-electron chi connectivity index (χ4n) is 2.22. The van der Waals surface area contributed by atoms with Gasteiger partial charge < -0.3 is 15.3 Å². The quantitative estimate of drug-likeness (QED) is 0.874. The van der Waals surface area contributed by atoms with Crippen molar-refractivity contribution in [2.75, 3.05) is 18.4 Å². The summed E-state index contributed by atoms with van der Waals surface area (Å²) >= 11 is 1.12. The summed E-state index contributed by atoms with van der Waals surface area (Å²) in [7, 11) is 0. The number of aromatic carboxylic acids is 1. The van der Waals surface area contributed by atoms with Crippen LogP contribution in [0.1, 0.15) is 41.8 Å². The highest BCUT2D eigenvalue weighted by Gasteiger charge is 2.18. The van der Waals surface area contributed by atoms with E-state index in [1.165, 1.54) is 6.42 Å². The van der Waals surface area contributed by atoms with Crippen molar-refractivity contribution in [1.29, 1.82) is 0 Å². The summed E-state index contributed by atoms with van der Waals surface area (Å²) < 4.78 is 0. The molecule has 5 nitrogen and oxygen atoms in total. The molecule has 1 aliphatic heterocycles. The minimum Gasteiger partial charge on any atom is -0.477 e. The van der Waals surface area contributed by atoms with E-state index in [9.17, 15) is 9.59 Å². The van der Waals surface area contributed by atoms with E-state index in [-0.39, 0.29) is 10.9 Å². The molecule has 1 aromatic rings. The van der Waals surface area contributed by atoms with Crippen LogP contribution in [0.3, 0.4) is 0 Å². The second-order valence-electron chi connectivity index (χ2n) is 4.65. The molecule has 0 aliphatic carbocycles. The number of carbonyl (C=O) groups excluding carboxylic acids is 1. The molecular weight excluding hydrogens is 264 g/mol. The predicted molar refractivity (Wildman–Crippen MR) is 75.0 cm³/mol. The molecule has 1 fully saturated rings. The van der Waals surface area contributed by atoms with Crippen LogP contribution >= 0.6 is 11.3 Å². The molecule has 0 bridgehead atoms. The molecule has 2 amide bonds. The maximum absolute atomic E-state index is 12.1. The third-order valence-corrected chi connectivity index (χ3v) is 4.15. The van der Waals surface area contributed by atoms with Crippen molar-refractivity contribution in [3.05, 3.63) is 16.3 Å². The number of nitrogens with one attached hydrogen (secondary N) is 1. The predicted octanol–water partition coefficient (Wildman–Crippen LogP) is 3.24. The standard InChI is InChI=1S/C13H18N2O3S/c16-12(17)11-10(6-9-19-11)14-13(18)15-7-4-2-1-3-5-8-15/h6,9H,1-5,7-8H2,(H,14,18)(H,16,17). The van der Waals surface area contributed by atoms with Gasteiger partial charge in [0.25, 0.3) is 0 Å². The molecule has 2 rings (SSSR count). The van der Waals surface area contributed by atoms with Crippen molar-refractivity contribution in [3.8, 4) is 0 Å². The van der Waals surface area contributed by atoms with E-state index < -0.39 is 5.97 Å². The second-order valence-corrected chi connectivity index (χ2v) is 5.57. The Hall–Kier alpha value is -1.56. The van der Waals surface area contributed by atoms with Gasteiger partial charge in [-0.1, -0.05) is 19.3 Å². The first-order valence-corrected chi connectivity index (χ1v) is 7.43. The van der Waals surface area contributed by atoms with Gasteiger partial charge in [-0.15, -0.1) is 11.3 Å². The maximum Gasteiger partial charge on any atom is 0.348 e. The van der Waals surface area contributed by atoms with Gasteiger partial charge in [-0.2, -0.15) is 0 Å². The van der Waals surface area contributed by atoms with Crippen molar-refractivity contribution in [2.45, 2.75) is 32.1 Å². The maximum atomic E-state index is 12.1. The number of urea groups is 1. The SMILES string of the molecule is O=C(O)c1sccc1NC(=O)N1CCCCCCC1. The van der Waals surface area contributed by atoms with Crippen LogP contribution in [0, 0.1) is 0 Å². The Bertz CT molecular complexity index is 450. The highest BCUT2D eigenvalue weighted by atomic mass is 32.1. The molecule has 0 radical (unpaired) electrons. The van der Waals surface area contributed by atoms with Crippen LogP contribution in [0.5, 0.6) is 0 Å². The van der Waals surface area contributed by atoms with Gasteiger partial charge in [-0.25, -0.2) is 9.59 Å². The monoisotopic (exact) mass is 282 g/mol. The average Bonchev–Trinajstić information content (AvgIpc) is 2.76. The molecule has 1 aliphatic rings. The number of carbonyl (C=O) groups is 2. The summed E-state index contributed by atoms with van der Waals surface area (Å²) in [4.78, 5) is 25.1. The van der Waals surface area contributed by atoms with E-state index in [0.717, 1.165) is 50.1 Å². The van der Waals surface area contributed by atoms with E-state index in [1.54, 1.807) is 16.3 Å². The minimum atomic E-state index is -1.00. The largest absolute Gasteiger partial charge is 0.477 e. The number of carboxylic acid groups (broad SMARTS) is 1. The lowest BCUT2D eigenvalue weighted by Crippen LogP contribution is -2.37. The van der Waals surface area contributed by atoms with Crippen LogP contribution < -0.4 is 5.32 Å². The number of likely N-dealkylation sites (tertiary alicyclic amines) is 1. The normalized spacial score (nSPS) is 16.5. The molecule has 1 saturated heterocycles. The summed E-state index contributed by atoms with van der Waals surface area (Å²) in [6.07, 6.45) is 5.58. The number of amides is 2. The zero-order valence-corrected chi connectivity index (χ0v) is 11.5. The number of nitrogens with zero attached hydrogens (tertiary/aromatic N) is 1. The molecule has 0 aromatic carbocycles. The summed E-state index contributed by atoms with van der Waals surface area (Å²) in [6, 6.07) is 1.44. The Morgan fingerprint density at radius 3 is 2.42 bits per heavy atom. The van der Waals surface area contributed by atoms with Crippen LogP contribution in [0.15, 0.2) is 11.4 Å². The van der Waals surface area contributed by atoms with E-state index in [4.69, 9.17) is 5.11 Å². The third-order valence-electron chi connectivity index (χ3n) is 3.24. The van der Waals surface area contributed by atoms with Gasteiger partial charge in [0.1, 0.15) is 4.88 Å². The van der Waals surface area contributed by atoms with Gasteiger partial charge in [0.05, 0.1) is 5.69 Å². The summed E-state index contributed by atoms with van der Waals surface area (Å²) in [6.45, 7) is 1.50. The number of hydrogen-bond donors (Lipinski definition) is 2. The molecular formula is C13H18N2O3S. The Kier molecular flexibility index (Phi) is 4.79. The zero-order valence-electron chi connectivity index (χ0n) is 10.7. The smallest absolute Gasteiger partial charge is 0.348 e. The molecule has 6 heteroatoms. The average molecular weight is 282 g/mol. The molecule has 104 valence electrons. The molecule has 2 N–H and O–H groups in total. The van der Waals surface area contributed by atoms with Gasteiger partial charge in [-0.05, 0) is 24.3 Å². The van der Waals surface area contributed by atoms with Crippen molar-refractivity contribution in [3.63, 3.8) is 0 Å². The van der Waals surface area contributed by atoms with Crippen molar-refractivity contribution >= 4 is 29.0 Å². The van der Waals surface area contributed by atoms with Crippen LogP contribution in [0.25, 0.3) is 0 Å². The van der Waals surface area contributed by atoms with Crippen molar-refractivity contribution in [2.24, 2.45) is 0 Å². The number of hydrogen-bond acceptors (Lipinski definition) is 3. The van der Waals surface area contributed by atoms with E-state index >= 15 is 0 Å². The Balaban J connectivity index is 1.99. The first kappa shape index (κ1) is 13.9. The van der Waals surface area contributed by atoms with Gasteiger partial charge in [0, 0.05) is 13.1 Å². The van der Waals surface area contributed by atoms with Crippen LogP contribution in [0.4, 0.5) is 10.5 Å². The Labute approximate surface area is 116 Å². The number of carboxylic acids is 1. The second kappa shape index (κ2) is 6.56. The first-order chi connectivity index (χ1) is 9.18. The Morgan fingerprint density at radius 2 is 1.79 bits per heavy atom. The lowest BCUT2D eigenvalue weighted by atomic mass is 10.1. The molecule has 0 spiro atoms. The molecule has 0 saturated carbocycles. The third kappa shape index (κ3) is 3.70. The first-order valence-electron chi connectivity index (χ1n) is 6.55.